The number of anilines is 1. The molecule has 23 heteroatoms. The molecule has 72 heavy (non-hydrogen) atoms. The van der Waals surface area contributed by atoms with E-state index in [2.05, 4.69) is 36.3 Å². The predicted molar refractivity (Wildman–Crippen MR) is 272 cm³/mol. The Kier molecular flexibility index (Phi) is 15.8. The van der Waals surface area contributed by atoms with E-state index >= 15 is 0 Å². The molecular formula is C49H49N9O10S4. The van der Waals surface area contributed by atoms with Gasteiger partial charge in [-0.3, -0.25) is 19.8 Å². The Morgan fingerprint density at radius 1 is 0.903 bits per heavy atom. The fourth-order valence-electron chi connectivity index (χ4n) is 7.70. The van der Waals surface area contributed by atoms with Gasteiger partial charge in [-0.25, -0.2) is 27.7 Å². The van der Waals surface area contributed by atoms with Crippen molar-refractivity contribution >= 4 is 79.4 Å². The molecule has 8 rings (SSSR count). The van der Waals surface area contributed by atoms with E-state index in [0.717, 1.165) is 23.1 Å². The number of β-lactam (4-membered cyclic amide) rings is 1. The maximum Gasteiger partial charge on any atom is 0.413 e. The van der Waals surface area contributed by atoms with E-state index in [1.54, 1.807) is 52.1 Å². The van der Waals surface area contributed by atoms with Crippen LogP contribution in [0.2, 0.25) is 0 Å². The average Bonchev–Trinajstić information content (AvgIpc) is 4.01. The molecule has 374 valence electrons. The van der Waals surface area contributed by atoms with Crippen LogP contribution in [0.4, 0.5) is 9.93 Å². The van der Waals surface area contributed by atoms with Gasteiger partial charge in [-0.15, -0.1) is 28.2 Å². The number of sulfone groups is 1. The van der Waals surface area contributed by atoms with Crippen molar-refractivity contribution in [2.45, 2.75) is 55.2 Å². The second kappa shape index (κ2) is 22.1. The van der Waals surface area contributed by atoms with Crippen LogP contribution in [0.25, 0.3) is 0 Å². The molecule has 2 aliphatic heterocycles. The molecule has 4 heterocycles. The number of oxime groups is 1. The lowest BCUT2D eigenvalue weighted by molar-refractivity contribution is -0.153. The number of benzene rings is 4. The van der Waals surface area contributed by atoms with Crippen molar-refractivity contribution in [3.8, 4) is 5.75 Å². The molecule has 2 atom stereocenters. The summed E-state index contributed by atoms with van der Waals surface area (Å²) in [4.78, 5) is 68.7. The van der Waals surface area contributed by atoms with Crippen molar-refractivity contribution in [2.24, 2.45) is 12.2 Å². The highest BCUT2D eigenvalue weighted by atomic mass is 32.2. The van der Waals surface area contributed by atoms with Crippen LogP contribution in [0.3, 0.4) is 0 Å². The number of aromatic nitrogens is 5. The summed E-state index contributed by atoms with van der Waals surface area (Å²) in [6, 6.07) is 33.6. The third kappa shape index (κ3) is 11.8. The normalized spacial score (nSPS) is 16.0. The molecule has 2 aromatic heterocycles. The van der Waals surface area contributed by atoms with Gasteiger partial charge < -0.3 is 24.4 Å². The Bertz CT molecular complexity index is 3000. The minimum absolute atomic E-state index is 0.00430. The number of amides is 3. The number of carbonyl (C=O) groups is 4. The first-order valence-electron chi connectivity index (χ1n) is 22.3. The zero-order valence-corrected chi connectivity index (χ0v) is 42.8. The van der Waals surface area contributed by atoms with Crippen molar-refractivity contribution in [3.05, 3.63) is 160 Å². The summed E-state index contributed by atoms with van der Waals surface area (Å²) >= 11 is 3.34. The van der Waals surface area contributed by atoms with Gasteiger partial charge in [0.1, 0.15) is 40.8 Å². The summed E-state index contributed by atoms with van der Waals surface area (Å²) < 4.78 is 45.1. The van der Waals surface area contributed by atoms with E-state index in [4.69, 9.17) is 19.0 Å². The number of esters is 1. The van der Waals surface area contributed by atoms with Gasteiger partial charge in [0.05, 0.1) is 18.6 Å². The number of rotatable bonds is 19. The lowest BCUT2D eigenvalue weighted by Crippen LogP contribution is -2.71. The Balaban J connectivity index is 1.11. The summed E-state index contributed by atoms with van der Waals surface area (Å²) in [6.45, 7) is 4.96. The van der Waals surface area contributed by atoms with Crippen LogP contribution in [-0.4, -0.2) is 115 Å². The lowest BCUT2D eigenvalue weighted by Gasteiger charge is -2.49. The van der Waals surface area contributed by atoms with E-state index in [1.165, 1.54) is 33.8 Å². The van der Waals surface area contributed by atoms with Crippen molar-refractivity contribution < 1.29 is 46.6 Å². The molecule has 1 saturated heterocycles. The van der Waals surface area contributed by atoms with Crippen LogP contribution in [0.1, 0.15) is 48.7 Å². The Morgan fingerprint density at radius 2 is 1.53 bits per heavy atom. The van der Waals surface area contributed by atoms with Gasteiger partial charge in [0.2, 0.25) is 10.8 Å². The standard InChI is InChI=1S/C49H49N9O10S4/c1-48(2,3)67-47(62)52-45-50-37(29-71-45)38(54-68-49(33-15-9-6-10-16-33,34-17-11-7-12-18-34)35-19-13-8-14-20-35)41(59)51-39-42(60)58-40(44(61)66-27-31-21-23-36(65-5)24-22-31)32(28-70-43(39)58)30-72(63,64)26-25-69-46-53-55-56-57(46)4/h6-24,29,39,43H,25-28,30H2,1-5H3,(H,51,59)(H,50,52,62)/b54-38-/t39?,43-/m1/s1. The zero-order valence-electron chi connectivity index (χ0n) is 39.6. The highest BCUT2D eigenvalue weighted by Crippen LogP contribution is 2.43. The van der Waals surface area contributed by atoms with E-state index in [0.29, 0.717) is 33.2 Å². The first kappa shape index (κ1) is 51.3. The maximum atomic E-state index is 14.8. The molecule has 3 amide bonds. The number of carbonyl (C=O) groups excluding carboxylic acids is 4. The number of hydrogen-bond acceptors (Lipinski definition) is 18. The number of aryl methyl sites for hydroxylation is 1. The van der Waals surface area contributed by atoms with Gasteiger partial charge >= 0.3 is 12.1 Å². The van der Waals surface area contributed by atoms with Crippen LogP contribution in [0.5, 0.6) is 5.75 Å². The van der Waals surface area contributed by atoms with Gasteiger partial charge in [-0.1, -0.05) is 120 Å². The van der Waals surface area contributed by atoms with Gasteiger partial charge in [-0.05, 0) is 54.5 Å². The smallest absolute Gasteiger partial charge is 0.413 e. The van der Waals surface area contributed by atoms with Crippen molar-refractivity contribution in [1.29, 1.82) is 0 Å². The molecule has 1 unspecified atom stereocenters. The van der Waals surface area contributed by atoms with Gasteiger partial charge in [0, 0.05) is 40.6 Å². The third-order valence-electron chi connectivity index (χ3n) is 11.0. The number of hydrogen-bond donors (Lipinski definition) is 2. The van der Waals surface area contributed by atoms with Gasteiger partial charge in [0.25, 0.3) is 11.8 Å². The van der Waals surface area contributed by atoms with Crippen molar-refractivity contribution in [1.82, 2.24) is 35.4 Å². The number of thiazole rings is 1. The molecular weight excluding hydrogens is 1000 g/mol. The number of ether oxygens (including phenoxy) is 3. The monoisotopic (exact) mass is 1050 g/mol. The second-order valence-corrected chi connectivity index (χ2v) is 22.4. The summed E-state index contributed by atoms with van der Waals surface area (Å²) in [7, 11) is -0.698. The van der Waals surface area contributed by atoms with E-state index in [9.17, 15) is 27.6 Å². The molecule has 0 spiro atoms. The SMILES string of the molecule is COc1ccc(COC(=O)C2=C(CS(=O)(=O)CCSc3nnnn3C)CS[C@@H]3C(NC(=O)/C(=N\OC(c4ccccc4)(c4ccccc4)c4ccccc4)c4csc(NC(=O)OC(C)(C)C)n4)C(=O)N23)cc1. The largest absolute Gasteiger partial charge is 0.497 e. The fourth-order valence-corrected chi connectivity index (χ4v) is 12.6. The minimum Gasteiger partial charge on any atom is -0.497 e. The molecule has 2 aliphatic rings. The topological polar surface area (TPSA) is 235 Å². The molecule has 2 N–H and O–H groups in total. The van der Waals surface area contributed by atoms with E-state index in [-0.39, 0.29) is 51.7 Å². The molecule has 0 bridgehead atoms. The molecule has 0 saturated carbocycles. The molecule has 0 radical (unpaired) electrons. The Morgan fingerprint density at radius 3 is 2.10 bits per heavy atom. The van der Waals surface area contributed by atoms with Gasteiger partial charge in [0.15, 0.2) is 20.7 Å². The van der Waals surface area contributed by atoms with E-state index in [1.807, 2.05) is 91.0 Å². The third-order valence-corrected chi connectivity index (χ3v) is 16.0. The summed E-state index contributed by atoms with van der Waals surface area (Å²) in [5, 5.41) is 22.4. The number of thioether (sulfide) groups is 2. The highest BCUT2D eigenvalue weighted by Gasteiger charge is 2.55. The van der Waals surface area contributed by atoms with Crippen LogP contribution in [0.15, 0.2) is 142 Å². The number of fused-ring (bicyclic) bond motifs is 1. The first-order valence-corrected chi connectivity index (χ1v) is 27.0. The van der Waals surface area contributed by atoms with Crippen molar-refractivity contribution in [2.75, 3.05) is 35.4 Å². The Labute approximate surface area is 427 Å². The lowest BCUT2D eigenvalue weighted by atomic mass is 9.80. The quantitative estimate of drug-likeness (QED) is 0.0225. The Hall–Kier alpha value is -7.08. The number of nitrogens with zero attached hydrogens (tertiary/aromatic N) is 7. The number of tetrazole rings is 1. The number of nitrogens with one attached hydrogen (secondary N) is 2. The van der Waals surface area contributed by atoms with Crippen LogP contribution < -0.4 is 15.4 Å². The first-order chi connectivity index (χ1) is 34.5. The van der Waals surface area contributed by atoms with Crippen LogP contribution in [0, 0.1) is 0 Å². The number of methoxy groups -OCH3 is 1. The summed E-state index contributed by atoms with van der Waals surface area (Å²) in [5.41, 5.74) is 0.00670. The van der Waals surface area contributed by atoms with Crippen LogP contribution >= 0.6 is 34.9 Å². The molecule has 19 nitrogen and oxygen atoms in total. The predicted octanol–water partition coefficient (Wildman–Crippen LogP) is 6.34. The maximum absolute atomic E-state index is 14.8. The average molecular weight is 1050 g/mol. The summed E-state index contributed by atoms with van der Waals surface area (Å²) in [5.74, 6) is -2.58. The van der Waals surface area contributed by atoms with Crippen molar-refractivity contribution in [3.63, 3.8) is 0 Å². The zero-order chi connectivity index (χ0) is 51.0. The molecule has 6 aromatic rings. The molecule has 0 aliphatic carbocycles. The second-order valence-electron chi connectivity index (χ2n) is 17.2. The summed E-state index contributed by atoms with van der Waals surface area (Å²) in [6.07, 6.45) is -0.773. The van der Waals surface area contributed by atoms with Crippen LogP contribution in [-0.2, 0) is 57.8 Å². The minimum atomic E-state index is -3.86. The fraction of sp³-hybridized carbons (Fsp3) is 0.286. The molecule has 4 aromatic carbocycles. The molecule has 1 fully saturated rings. The van der Waals surface area contributed by atoms with E-state index < -0.39 is 62.1 Å². The van der Waals surface area contributed by atoms with Gasteiger partial charge in [-0.2, -0.15) is 0 Å². The highest BCUT2D eigenvalue weighted by molar-refractivity contribution is 8.01.